The van der Waals surface area contributed by atoms with Crippen molar-refractivity contribution in [1.29, 1.82) is 0 Å². The van der Waals surface area contributed by atoms with Gasteiger partial charge in [-0.05, 0) is 25.0 Å². The Morgan fingerprint density at radius 2 is 1.75 bits per heavy atom. The van der Waals surface area contributed by atoms with Gasteiger partial charge in [-0.3, -0.25) is 19.3 Å². The summed E-state index contributed by atoms with van der Waals surface area (Å²) in [6.07, 6.45) is 2.44. The third-order valence-electron chi connectivity index (χ3n) is 4.88. The second-order valence-corrected chi connectivity index (χ2v) is 6.75. The largest absolute Gasteiger partial charge is 0.445 e. The van der Waals surface area contributed by atoms with E-state index in [4.69, 9.17) is 4.74 Å². The van der Waals surface area contributed by atoms with E-state index in [2.05, 4.69) is 11.9 Å². The molecule has 0 bridgehead atoms. The molecule has 0 aliphatic carbocycles. The molecule has 8 nitrogen and oxygen atoms in total. The number of carbonyl (C=O) groups excluding carboxylic acids is 4. The Morgan fingerprint density at radius 1 is 1.14 bits per heavy atom. The van der Waals surface area contributed by atoms with E-state index in [1.807, 2.05) is 0 Å². The monoisotopic (exact) mass is 385 g/mol. The van der Waals surface area contributed by atoms with Crippen LogP contribution in [0.4, 0.5) is 4.79 Å². The Hall–Kier alpha value is -3.16. The van der Waals surface area contributed by atoms with Crippen LogP contribution in [0, 0.1) is 0 Å². The maximum Gasteiger partial charge on any atom is 0.410 e. The van der Waals surface area contributed by atoms with Crippen LogP contribution in [0.25, 0.3) is 0 Å². The molecule has 28 heavy (non-hydrogen) atoms. The van der Waals surface area contributed by atoms with Gasteiger partial charge < -0.3 is 15.0 Å². The van der Waals surface area contributed by atoms with Gasteiger partial charge in [-0.15, -0.1) is 0 Å². The molecule has 0 atom stereocenters. The first kappa shape index (κ1) is 19.6. The van der Waals surface area contributed by atoms with Crippen molar-refractivity contribution in [3.8, 4) is 0 Å². The number of fused-ring (bicyclic) bond motifs is 1. The van der Waals surface area contributed by atoms with Crippen LogP contribution in [0.15, 0.2) is 36.9 Å². The average Bonchev–Trinajstić information content (AvgIpc) is 2.95. The number of piperidine rings is 1. The van der Waals surface area contributed by atoms with E-state index < -0.39 is 0 Å². The first-order valence-corrected chi connectivity index (χ1v) is 9.28. The molecule has 1 aromatic rings. The lowest BCUT2D eigenvalue weighted by atomic mass is 10.1. The van der Waals surface area contributed by atoms with Crippen molar-refractivity contribution < 1.29 is 23.9 Å². The Labute approximate surface area is 163 Å². The highest BCUT2D eigenvalue weighted by Gasteiger charge is 2.35. The molecule has 1 N–H and O–H groups in total. The number of nitrogens with one attached hydrogen (secondary N) is 1. The molecule has 1 aromatic carbocycles. The molecule has 3 rings (SSSR count). The first-order valence-electron chi connectivity index (χ1n) is 9.28. The van der Waals surface area contributed by atoms with Crippen molar-refractivity contribution >= 4 is 23.8 Å². The number of hydrogen-bond donors (Lipinski definition) is 1. The van der Waals surface area contributed by atoms with Crippen LogP contribution >= 0.6 is 0 Å². The zero-order chi connectivity index (χ0) is 20.1. The highest BCUT2D eigenvalue weighted by molar-refractivity contribution is 6.21. The highest BCUT2D eigenvalue weighted by atomic mass is 16.6. The number of hydrogen-bond acceptors (Lipinski definition) is 5. The van der Waals surface area contributed by atoms with Crippen molar-refractivity contribution in [2.75, 3.05) is 26.2 Å². The van der Waals surface area contributed by atoms with Gasteiger partial charge in [-0.25, -0.2) is 4.79 Å². The zero-order valence-electron chi connectivity index (χ0n) is 15.6. The van der Waals surface area contributed by atoms with Crippen LogP contribution in [0.1, 0.15) is 40.0 Å². The minimum Gasteiger partial charge on any atom is -0.445 e. The Kier molecular flexibility index (Phi) is 6.08. The van der Waals surface area contributed by atoms with Gasteiger partial charge in [-0.1, -0.05) is 24.8 Å². The molecule has 2 aliphatic heterocycles. The number of benzene rings is 1. The van der Waals surface area contributed by atoms with Crippen LogP contribution in [-0.2, 0) is 9.53 Å². The van der Waals surface area contributed by atoms with Crippen LogP contribution < -0.4 is 5.32 Å². The van der Waals surface area contributed by atoms with Gasteiger partial charge in [0.25, 0.3) is 11.8 Å². The second-order valence-electron chi connectivity index (χ2n) is 6.75. The van der Waals surface area contributed by atoms with E-state index in [1.165, 1.54) is 6.08 Å². The van der Waals surface area contributed by atoms with Crippen LogP contribution in [-0.4, -0.2) is 65.9 Å². The number of carbonyl (C=O) groups is 4. The van der Waals surface area contributed by atoms with Gasteiger partial charge in [0.2, 0.25) is 5.91 Å². The maximum atomic E-state index is 12.3. The molecule has 2 heterocycles. The molecule has 0 radical (unpaired) electrons. The SMILES string of the molecule is C=CCOC(=O)N1CCC(NC(=O)CCN2C(=O)c3ccccc3C2=O)CC1. The van der Waals surface area contributed by atoms with Gasteiger partial charge in [0, 0.05) is 32.1 Å². The molecule has 2 aliphatic rings. The Balaban J connectivity index is 1.42. The van der Waals surface area contributed by atoms with Crippen molar-refractivity contribution in [3.05, 3.63) is 48.0 Å². The molecular formula is C20H23N3O5. The van der Waals surface area contributed by atoms with Crippen molar-refractivity contribution in [3.63, 3.8) is 0 Å². The molecule has 148 valence electrons. The summed E-state index contributed by atoms with van der Waals surface area (Å²) in [6, 6.07) is 6.60. The standard InChI is InChI=1S/C20H23N3O5/c1-2-13-28-20(27)22-10-7-14(8-11-22)21-17(24)9-12-23-18(25)15-5-3-4-6-16(15)19(23)26/h2-6,14H,1,7-13H2,(H,21,24). The molecule has 0 unspecified atom stereocenters. The van der Waals surface area contributed by atoms with Crippen molar-refractivity contribution in [1.82, 2.24) is 15.1 Å². The van der Waals surface area contributed by atoms with Gasteiger partial charge in [0.1, 0.15) is 6.61 Å². The lowest BCUT2D eigenvalue weighted by Crippen LogP contribution is -2.47. The summed E-state index contributed by atoms with van der Waals surface area (Å²) < 4.78 is 5.00. The maximum absolute atomic E-state index is 12.3. The fourth-order valence-electron chi connectivity index (χ4n) is 3.38. The summed E-state index contributed by atoms with van der Waals surface area (Å²) in [5, 5.41) is 2.91. The summed E-state index contributed by atoms with van der Waals surface area (Å²) in [4.78, 5) is 51.3. The molecule has 1 fully saturated rings. The Bertz CT molecular complexity index is 764. The number of likely N-dealkylation sites (tertiary alicyclic amines) is 1. The van der Waals surface area contributed by atoms with Gasteiger partial charge in [0.15, 0.2) is 0 Å². The molecule has 8 heteroatoms. The molecule has 0 aromatic heterocycles. The van der Waals surface area contributed by atoms with E-state index in [9.17, 15) is 19.2 Å². The summed E-state index contributed by atoms with van der Waals surface area (Å²) >= 11 is 0. The first-order chi connectivity index (χ1) is 13.5. The molecule has 1 saturated heterocycles. The van der Waals surface area contributed by atoms with E-state index in [-0.39, 0.29) is 49.4 Å². The topological polar surface area (TPSA) is 96.0 Å². The quantitative estimate of drug-likeness (QED) is 0.592. The predicted molar refractivity (Wildman–Crippen MR) is 101 cm³/mol. The van der Waals surface area contributed by atoms with Crippen molar-refractivity contribution in [2.24, 2.45) is 0 Å². The number of nitrogens with zero attached hydrogens (tertiary/aromatic N) is 2. The van der Waals surface area contributed by atoms with E-state index in [0.29, 0.717) is 37.1 Å². The molecule has 0 saturated carbocycles. The van der Waals surface area contributed by atoms with Gasteiger partial charge in [-0.2, -0.15) is 0 Å². The summed E-state index contributed by atoms with van der Waals surface area (Å²) in [7, 11) is 0. The zero-order valence-corrected chi connectivity index (χ0v) is 15.6. The fourth-order valence-corrected chi connectivity index (χ4v) is 3.38. The van der Waals surface area contributed by atoms with Crippen molar-refractivity contribution in [2.45, 2.75) is 25.3 Å². The lowest BCUT2D eigenvalue weighted by molar-refractivity contribution is -0.122. The molecule has 4 amide bonds. The minimum atomic E-state index is -0.379. The van der Waals surface area contributed by atoms with Crippen LogP contribution in [0.3, 0.4) is 0 Å². The van der Waals surface area contributed by atoms with E-state index in [0.717, 1.165) is 4.90 Å². The van der Waals surface area contributed by atoms with Gasteiger partial charge in [0.05, 0.1) is 11.1 Å². The van der Waals surface area contributed by atoms with E-state index >= 15 is 0 Å². The van der Waals surface area contributed by atoms with Gasteiger partial charge >= 0.3 is 6.09 Å². The normalized spacial score (nSPS) is 16.7. The minimum absolute atomic E-state index is 0.0434. The summed E-state index contributed by atoms with van der Waals surface area (Å²) in [5.41, 5.74) is 0.757. The third-order valence-corrected chi connectivity index (χ3v) is 4.88. The Morgan fingerprint density at radius 3 is 2.32 bits per heavy atom. The third kappa shape index (κ3) is 4.21. The smallest absolute Gasteiger partial charge is 0.410 e. The van der Waals surface area contributed by atoms with Crippen LogP contribution in [0.2, 0.25) is 0 Å². The van der Waals surface area contributed by atoms with E-state index in [1.54, 1.807) is 29.2 Å². The van der Waals surface area contributed by atoms with Crippen LogP contribution in [0.5, 0.6) is 0 Å². The molecular weight excluding hydrogens is 362 g/mol. The number of rotatable bonds is 6. The number of imide groups is 1. The number of amides is 4. The average molecular weight is 385 g/mol. The lowest BCUT2D eigenvalue weighted by Gasteiger charge is -2.31. The summed E-state index contributed by atoms with van der Waals surface area (Å²) in [5.74, 6) is -0.941. The number of ether oxygens (including phenoxy) is 1. The molecule has 0 spiro atoms. The summed E-state index contributed by atoms with van der Waals surface area (Å²) in [6.45, 7) is 4.72. The predicted octanol–water partition coefficient (Wildman–Crippen LogP) is 1.58. The second kappa shape index (κ2) is 8.69. The highest BCUT2D eigenvalue weighted by Crippen LogP contribution is 2.22. The fraction of sp³-hybridized carbons (Fsp3) is 0.400.